The predicted molar refractivity (Wildman–Crippen MR) is 122 cm³/mol. The predicted octanol–water partition coefficient (Wildman–Crippen LogP) is 3.45. The first-order valence-corrected chi connectivity index (χ1v) is 11.6. The second-order valence-electron chi connectivity index (χ2n) is 8.87. The number of hydrogen-bond acceptors (Lipinski definition) is 4. The fourth-order valence-electron chi connectivity index (χ4n) is 4.46. The molecule has 2 fully saturated rings. The summed E-state index contributed by atoms with van der Waals surface area (Å²) in [6.45, 7) is 2.70. The lowest BCUT2D eigenvalue weighted by molar-refractivity contribution is -0.166. The number of amides is 2. The van der Waals surface area contributed by atoms with Crippen molar-refractivity contribution in [1.82, 2.24) is 9.80 Å². The van der Waals surface area contributed by atoms with E-state index >= 15 is 0 Å². The van der Waals surface area contributed by atoms with Gasteiger partial charge in [0.25, 0.3) is 0 Å². The van der Waals surface area contributed by atoms with Crippen LogP contribution in [0.1, 0.15) is 31.2 Å². The third-order valence-electron chi connectivity index (χ3n) is 6.30. The third-order valence-corrected chi connectivity index (χ3v) is 6.30. The zero-order chi connectivity index (χ0) is 23.1. The van der Waals surface area contributed by atoms with Crippen LogP contribution in [-0.2, 0) is 20.7 Å². The summed E-state index contributed by atoms with van der Waals surface area (Å²) in [4.78, 5) is 29.8. The van der Waals surface area contributed by atoms with Gasteiger partial charge in [0.1, 0.15) is 23.8 Å². The highest BCUT2D eigenvalue weighted by molar-refractivity contribution is 5.80. The van der Waals surface area contributed by atoms with Gasteiger partial charge < -0.3 is 19.3 Å². The molecule has 33 heavy (non-hydrogen) atoms. The molecule has 1 atom stereocenters. The molecule has 2 heterocycles. The van der Waals surface area contributed by atoms with Crippen LogP contribution in [0, 0.1) is 5.82 Å². The molecule has 0 bridgehead atoms. The lowest BCUT2D eigenvalue weighted by Gasteiger charge is -2.43. The average molecular weight is 455 g/mol. The van der Waals surface area contributed by atoms with Gasteiger partial charge in [-0.1, -0.05) is 30.3 Å². The minimum atomic E-state index is -0.951. The number of halogens is 1. The fraction of sp³-hybridized carbons (Fsp3) is 0.462. The van der Waals surface area contributed by atoms with Gasteiger partial charge in [-0.3, -0.25) is 9.59 Å². The Morgan fingerprint density at radius 3 is 2.36 bits per heavy atom. The number of benzene rings is 2. The maximum atomic E-state index is 13.3. The van der Waals surface area contributed by atoms with Crippen molar-refractivity contribution in [3.8, 4) is 5.75 Å². The van der Waals surface area contributed by atoms with E-state index in [1.54, 1.807) is 17.0 Å². The fourth-order valence-corrected chi connectivity index (χ4v) is 4.46. The number of nitrogens with zero attached hydrogens (tertiary/aromatic N) is 2. The van der Waals surface area contributed by atoms with Crippen LogP contribution >= 0.6 is 0 Å². The molecule has 7 heteroatoms. The third kappa shape index (κ3) is 6.32. The Morgan fingerprint density at radius 2 is 1.64 bits per heavy atom. The van der Waals surface area contributed by atoms with E-state index in [2.05, 4.69) is 0 Å². The molecule has 1 unspecified atom stereocenters. The second kappa shape index (κ2) is 10.8. The van der Waals surface area contributed by atoms with Crippen LogP contribution in [0.2, 0.25) is 0 Å². The Morgan fingerprint density at radius 1 is 0.909 bits per heavy atom. The number of hydrogen-bond donors (Lipinski definition) is 0. The summed E-state index contributed by atoms with van der Waals surface area (Å²) in [6, 6.07) is 15.4. The van der Waals surface area contributed by atoms with E-state index in [4.69, 9.17) is 9.47 Å². The van der Waals surface area contributed by atoms with Gasteiger partial charge in [0.15, 0.2) is 0 Å². The van der Waals surface area contributed by atoms with Crippen LogP contribution in [0.15, 0.2) is 54.6 Å². The van der Waals surface area contributed by atoms with Crippen molar-refractivity contribution in [2.45, 2.75) is 37.7 Å². The number of likely N-dealkylation sites (tertiary alicyclic amines) is 1. The summed E-state index contributed by atoms with van der Waals surface area (Å²) >= 11 is 0. The van der Waals surface area contributed by atoms with Gasteiger partial charge in [-0.25, -0.2) is 4.39 Å². The molecule has 2 saturated heterocycles. The molecule has 0 N–H and O–H groups in total. The van der Waals surface area contributed by atoms with E-state index < -0.39 is 5.60 Å². The molecule has 4 rings (SSSR count). The van der Waals surface area contributed by atoms with E-state index in [0.717, 1.165) is 37.9 Å². The van der Waals surface area contributed by atoms with E-state index in [9.17, 15) is 14.0 Å². The molecular formula is C26H31FN2O4. The van der Waals surface area contributed by atoms with Crippen LogP contribution in [-0.4, -0.2) is 66.6 Å². The standard InChI is InChI=1S/C26H31FN2O4/c27-22-9-11-23(12-10-22)32-20-26(18-25(31)28-13-5-2-6-14-28)19-29(15-16-33-26)24(30)17-21-7-3-1-4-8-21/h1,3-4,7-12H,2,5-6,13-20H2. The summed E-state index contributed by atoms with van der Waals surface area (Å²) in [7, 11) is 0. The topological polar surface area (TPSA) is 59.1 Å². The Balaban J connectivity index is 1.48. The molecule has 2 aliphatic heterocycles. The monoisotopic (exact) mass is 454 g/mol. The summed E-state index contributed by atoms with van der Waals surface area (Å²) in [5.41, 5.74) is -0.000372. The van der Waals surface area contributed by atoms with Crippen molar-refractivity contribution in [3.63, 3.8) is 0 Å². The highest BCUT2D eigenvalue weighted by atomic mass is 19.1. The van der Waals surface area contributed by atoms with Gasteiger partial charge in [0, 0.05) is 19.6 Å². The Kier molecular flexibility index (Phi) is 7.60. The first-order chi connectivity index (χ1) is 16.0. The summed E-state index contributed by atoms with van der Waals surface area (Å²) < 4.78 is 25.4. The van der Waals surface area contributed by atoms with Crippen molar-refractivity contribution in [1.29, 1.82) is 0 Å². The maximum Gasteiger partial charge on any atom is 0.227 e. The molecular weight excluding hydrogens is 423 g/mol. The van der Waals surface area contributed by atoms with Gasteiger partial charge >= 0.3 is 0 Å². The van der Waals surface area contributed by atoms with Gasteiger partial charge in [0.05, 0.1) is 26.0 Å². The molecule has 2 aromatic rings. The maximum absolute atomic E-state index is 13.3. The van der Waals surface area contributed by atoms with E-state index in [0.29, 0.717) is 25.3 Å². The average Bonchev–Trinajstić information content (AvgIpc) is 2.85. The highest BCUT2D eigenvalue weighted by Crippen LogP contribution is 2.27. The molecule has 0 radical (unpaired) electrons. The number of carbonyl (C=O) groups excluding carboxylic acids is 2. The lowest BCUT2D eigenvalue weighted by Crippen LogP contribution is -2.58. The molecule has 0 aliphatic carbocycles. The molecule has 0 aromatic heterocycles. The molecule has 6 nitrogen and oxygen atoms in total. The van der Waals surface area contributed by atoms with Gasteiger partial charge in [-0.05, 0) is 49.1 Å². The first kappa shape index (κ1) is 23.2. The SMILES string of the molecule is O=C(CC1(COc2ccc(F)cc2)CN(C(=O)Cc2ccccc2)CCO1)N1CCCCC1. The van der Waals surface area contributed by atoms with E-state index in [1.807, 2.05) is 35.2 Å². The van der Waals surface area contributed by atoms with Crippen molar-refractivity contribution in [2.24, 2.45) is 0 Å². The quantitative estimate of drug-likeness (QED) is 0.643. The molecule has 2 amide bonds. The van der Waals surface area contributed by atoms with Gasteiger partial charge in [-0.15, -0.1) is 0 Å². The Labute approximate surface area is 194 Å². The number of piperidine rings is 1. The van der Waals surface area contributed by atoms with Crippen molar-refractivity contribution < 1.29 is 23.5 Å². The van der Waals surface area contributed by atoms with E-state index in [1.165, 1.54) is 12.1 Å². The van der Waals surface area contributed by atoms with E-state index in [-0.39, 0.29) is 37.2 Å². The Bertz CT molecular complexity index is 931. The van der Waals surface area contributed by atoms with Crippen molar-refractivity contribution in [2.75, 3.05) is 39.4 Å². The largest absolute Gasteiger partial charge is 0.490 e. The molecule has 2 aromatic carbocycles. The number of rotatable bonds is 7. The lowest BCUT2D eigenvalue weighted by atomic mass is 9.95. The van der Waals surface area contributed by atoms with Crippen molar-refractivity contribution in [3.05, 3.63) is 66.0 Å². The van der Waals surface area contributed by atoms with Crippen LogP contribution < -0.4 is 4.74 Å². The molecule has 0 saturated carbocycles. The molecule has 0 spiro atoms. The van der Waals surface area contributed by atoms with Crippen molar-refractivity contribution >= 4 is 11.8 Å². The zero-order valence-corrected chi connectivity index (χ0v) is 18.9. The minimum Gasteiger partial charge on any atom is -0.490 e. The normalized spacial score (nSPS) is 21.0. The number of ether oxygens (including phenoxy) is 2. The van der Waals surface area contributed by atoms with Gasteiger partial charge in [-0.2, -0.15) is 0 Å². The minimum absolute atomic E-state index is 0.000999. The second-order valence-corrected chi connectivity index (χ2v) is 8.87. The summed E-state index contributed by atoms with van der Waals surface area (Å²) in [5, 5.41) is 0. The highest BCUT2D eigenvalue weighted by Gasteiger charge is 2.42. The summed E-state index contributed by atoms with van der Waals surface area (Å²) in [6.07, 6.45) is 3.60. The number of carbonyl (C=O) groups is 2. The van der Waals surface area contributed by atoms with Crippen LogP contribution in [0.25, 0.3) is 0 Å². The first-order valence-electron chi connectivity index (χ1n) is 11.6. The van der Waals surface area contributed by atoms with Crippen LogP contribution in [0.5, 0.6) is 5.75 Å². The molecule has 176 valence electrons. The van der Waals surface area contributed by atoms with Crippen LogP contribution in [0.3, 0.4) is 0 Å². The smallest absolute Gasteiger partial charge is 0.227 e. The summed E-state index contributed by atoms with van der Waals surface area (Å²) in [5.74, 6) is 0.178. The van der Waals surface area contributed by atoms with Gasteiger partial charge in [0.2, 0.25) is 11.8 Å². The van der Waals surface area contributed by atoms with Crippen LogP contribution in [0.4, 0.5) is 4.39 Å². The zero-order valence-electron chi connectivity index (χ0n) is 18.9. The Hall–Kier alpha value is -2.93. The molecule has 2 aliphatic rings. The number of morpholine rings is 1.